The van der Waals surface area contributed by atoms with Crippen LogP contribution in [0.2, 0.25) is 0 Å². The van der Waals surface area contributed by atoms with Gasteiger partial charge in [0, 0.05) is 22.0 Å². The molecule has 0 N–H and O–H groups in total. The van der Waals surface area contributed by atoms with Crippen LogP contribution in [0.5, 0.6) is 0 Å². The van der Waals surface area contributed by atoms with Crippen LogP contribution in [0.3, 0.4) is 0 Å². The number of rotatable bonds is 0. The fourth-order valence-electron chi connectivity index (χ4n) is 1.54. The molecule has 1 aromatic carbocycles. The van der Waals surface area contributed by atoms with Gasteiger partial charge in [0.15, 0.2) is 17.4 Å². The number of Topliss-reactive ketones (excluding diaryl/α,β-unsaturated/α-hetero) is 1. The molecule has 0 radical (unpaired) electrons. The van der Waals surface area contributed by atoms with E-state index in [9.17, 15) is 13.6 Å². The Bertz CT molecular complexity index is 401. The van der Waals surface area contributed by atoms with Crippen molar-refractivity contribution in [1.29, 1.82) is 0 Å². The number of benzene rings is 1. The summed E-state index contributed by atoms with van der Waals surface area (Å²) in [5.74, 6) is -1.91. The molecule has 1 aliphatic carbocycles. The van der Waals surface area contributed by atoms with E-state index in [1.807, 2.05) is 0 Å². The summed E-state index contributed by atoms with van der Waals surface area (Å²) in [6, 6.07) is 0.997. The molecule has 2 rings (SSSR count). The van der Waals surface area contributed by atoms with Gasteiger partial charge in [-0.25, -0.2) is 8.78 Å². The molecule has 13 heavy (non-hydrogen) atoms. The van der Waals surface area contributed by atoms with Gasteiger partial charge in [0.1, 0.15) is 0 Å². The van der Waals surface area contributed by atoms with Gasteiger partial charge in [0.25, 0.3) is 0 Å². The largest absolute Gasteiger partial charge is 0.294 e. The van der Waals surface area contributed by atoms with Crippen molar-refractivity contribution in [2.24, 2.45) is 0 Å². The fraction of sp³-hybridized carbons (Fsp3) is 0.222. The average molecular weight is 247 g/mol. The van der Waals surface area contributed by atoms with Crippen molar-refractivity contribution in [1.82, 2.24) is 0 Å². The van der Waals surface area contributed by atoms with E-state index in [4.69, 9.17) is 0 Å². The summed E-state index contributed by atoms with van der Waals surface area (Å²) < 4.78 is 26.3. The second-order valence-electron chi connectivity index (χ2n) is 2.93. The topological polar surface area (TPSA) is 17.1 Å². The first kappa shape index (κ1) is 8.81. The van der Waals surface area contributed by atoms with Crippen LogP contribution in [0.4, 0.5) is 8.78 Å². The lowest BCUT2D eigenvalue weighted by Crippen LogP contribution is -1.98. The molecule has 0 amide bonds. The van der Waals surface area contributed by atoms with Gasteiger partial charge >= 0.3 is 0 Å². The zero-order valence-corrected chi connectivity index (χ0v) is 8.12. The molecule has 0 saturated carbocycles. The molecule has 0 bridgehead atoms. The van der Waals surface area contributed by atoms with E-state index in [-0.39, 0.29) is 17.8 Å². The second kappa shape index (κ2) is 2.87. The quantitative estimate of drug-likeness (QED) is 0.644. The summed E-state index contributed by atoms with van der Waals surface area (Å²) >= 11 is 3.05. The average Bonchev–Trinajstić information content (AvgIpc) is 2.44. The number of halogens is 3. The molecule has 0 aliphatic heterocycles. The minimum Gasteiger partial charge on any atom is -0.294 e. The lowest BCUT2D eigenvalue weighted by atomic mass is 10.1. The smallest absolute Gasteiger partial charge is 0.164 e. The van der Waals surface area contributed by atoms with E-state index < -0.39 is 11.6 Å². The molecule has 0 heterocycles. The number of carbonyl (C=O) groups excluding carboxylic acids is 1. The Morgan fingerprint density at radius 3 is 2.69 bits per heavy atom. The molecule has 1 aromatic rings. The molecule has 1 nitrogen and oxygen atoms in total. The van der Waals surface area contributed by atoms with Crippen LogP contribution >= 0.6 is 15.9 Å². The van der Waals surface area contributed by atoms with Crippen molar-refractivity contribution >= 4 is 21.7 Å². The Morgan fingerprint density at radius 1 is 1.31 bits per heavy atom. The van der Waals surface area contributed by atoms with Gasteiger partial charge in [-0.3, -0.25) is 4.79 Å². The third kappa shape index (κ3) is 1.20. The summed E-state index contributed by atoms with van der Waals surface area (Å²) in [5, 5.41) is 0. The molecule has 0 fully saturated rings. The standard InChI is InChI=1S/C9H5BrF2O/c10-5-3-6(11)9(12)4-1-2-7(13)8(4)5/h3H,1-2H2. The maximum absolute atomic E-state index is 13.1. The summed E-state index contributed by atoms with van der Waals surface area (Å²) in [5.41, 5.74) is 0.510. The van der Waals surface area contributed by atoms with E-state index >= 15 is 0 Å². The normalized spacial score (nSPS) is 14.8. The highest BCUT2D eigenvalue weighted by Gasteiger charge is 2.27. The van der Waals surface area contributed by atoms with Gasteiger partial charge in [0.2, 0.25) is 0 Å². The van der Waals surface area contributed by atoms with Crippen molar-refractivity contribution in [3.63, 3.8) is 0 Å². The maximum atomic E-state index is 13.1. The maximum Gasteiger partial charge on any atom is 0.164 e. The lowest BCUT2D eigenvalue weighted by Gasteiger charge is -2.03. The monoisotopic (exact) mass is 246 g/mol. The van der Waals surface area contributed by atoms with E-state index in [1.165, 1.54) is 0 Å². The van der Waals surface area contributed by atoms with Crippen LogP contribution in [0.15, 0.2) is 10.5 Å². The predicted octanol–water partition coefficient (Wildman–Crippen LogP) is 2.86. The van der Waals surface area contributed by atoms with Crippen molar-refractivity contribution in [3.05, 3.63) is 33.3 Å². The highest BCUT2D eigenvalue weighted by Crippen LogP contribution is 2.32. The molecule has 0 aromatic heterocycles. The molecule has 68 valence electrons. The first-order valence-electron chi connectivity index (χ1n) is 3.81. The molecule has 0 spiro atoms. The first-order chi connectivity index (χ1) is 6.11. The third-order valence-electron chi connectivity index (χ3n) is 2.15. The number of hydrogen-bond donors (Lipinski definition) is 0. The van der Waals surface area contributed by atoms with E-state index in [1.54, 1.807) is 0 Å². The zero-order chi connectivity index (χ0) is 9.59. The molecular weight excluding hydrogens is 242 g/mol. The summed E-state index contributed by atoms with van der Waals surface area (Å²) in [6.45, 7) is 0. The Kier molecular flexibility index (Phi) is 1.95. The van der Waals surface area contributed by atoms with E-state index in [0.29, 0.717) is 16.5 Å². The van der Waals surface area contributed by atoms with Crippen LogP contribution in [0.1, 0.15) is 22.3 Å². The molecule has 0 atom stereocenters. The molecule has 0 unspecified atom stereocenters. The van der Waals surface area contributed by atoms with Crippen LogP contribution < -0.4 is 0 Å². The van der Waals surface area contributed by atoms with Crippen LogP contribution in [0, 0.1) is 11.6 Å². The van der Waals surface area contributed by atoms with Gasteiger partial charge in [0.05, 0.1) is 0 Å². The van der Waals surface area contributed by atoms with Gasteiger partial charge in [-0.2, -0.15) is 0 Å². The Hall–Kier alpha value is -0.770. The highest BCUT2D eigenvalue weighted by molar-refractivity contribution is 9.10. The first-order valence-corrected chi connectivity index (χ1v) is 4.60. The van der Waals surface area contributed by atoms with Crippen molar-refractivity contribution in [3.8, 4) is 0 Å². The van der Waals surface area contributed by atoms with Gasteiger partial charge in [-0.15, -0.1) is 0 Å². The van der Waals surface area contributed by atoms with Crippen LogP contribution in [0.25, 0.3) is 0 Å². The number of carbonyl (C=O) groups is 1. The molecular formula is C9H5BrF2O. The Morgan fingerprint density at radius 2 is 2.00 bits per heavy atom. The summed E-state index contributed by atoms with van der Waals surface area (Å²) in [6.07, 6.45) is 0.574. The van der Waals surface area contributed by atoms with Crippen molar-refractivity contribution in [2.45, 2.75) is 12.8 Å². The number of ketones is 1. The minimum atomic E-state index is -0.902. The van der Waals surface area contributed by atoms with Gasteiger partial charge in [-0.1, -0.05) is 0 Å². The van der Waals surface area contributed by atoms with E-state index in [2.05, 4.69) is 15.9 Å². The minimum absolute atomic E-state index is 0.124. The van der Waals surface area contributed by atoms with E-state index in [0.717, 1.165) is 6.07 Å². The Labute approximate surface area is 81.9 Å². The summed E-state index contributed by atoms with van der Waals surface area (Å²) in [7, 11) is 0. The second-order valence-corrected chi connectivity index (χ2v) is 3.79. The number of hydrogen-bond acceptors (Lipinski definition) is 1. The third-order valence-corrected chi connectivity index (χ3v) is 2.78. The van der Waals surface area contributed by atoms with Crippen molar-refractivity contribution in [2.75, 3.05) is 0 Å². The van der Waals surface area contributed by atoms with Gasteiger partial charge in [-0.05, 0) is 28.4 Å². The molecule has 1 aliphatic rings. The molecule has 4 heteroatoms. The van der Waals surface area contributed by atoms with Gasteiger partial charge < -0.3 is 0 Å². The SMILES string of the molecule is O=C1CCc2c(F)c(F)cc(Br)c21. The molecule has 0 saturated heterocycles. The Balaban J connectivity index is 2.76. The fourth-order valence-corrected chi connectivity index (χ4v) is 2.21. The number of fused-ring (bicyclic) bond motifs is 1. The highest BCUT2D eigenvalue weighted by atomic mass is 79.9. The lowest BCUT2D eigenvalue weighted by molar-refractivity contribution is 0.0994. The summed E-state index contributed by atoms with van der Waals surface area (Å²) in [4.78, 5) is 11.2. The predicted molar refractivity (Wildman–Crippen MR) is 46.7 cm³/mol. The zero-order valence-electron chi connectivity index (χ0n) is 6.53. The van der Waals surface area contributed by atoms with Crippen LogP contribution in [-0.4, -0.2) is 5.78 Å². The van der Waals surface area contributed by atoms with Crippen LogP contribution in [-0.2, 0) is 6.42 Å². The van der Waals surface area contributed by atoms with Crippen molar-refractivity contribution < 1.29 is 13.6 Å².